The molecule has 2 aromatic carbocycles. The van der Waals surface area contributed by atoms with Gasteiger partial charge in [-0.05, 0) is 39.9 Å². The van der Waals surface area contributed by atoms with E-state index in [0.717, 1.165) is 12.0 Å². The number of hydrogen-bond donors (Lipinski definition) is 1. The molecule has 0 unspecified atom stereocenters. The molecule has 0 aliphatic heterocycles. The molecule has 0 saturated carbocycles. The lowest BCUT2D eigenvalue weighted by atomic mass is 10.1. The number of anilines is 1. The van der Waals surface area contributed by atoms with Gasteiger partial charge in [-0.2, -0.15) is 0 Å². The smallest absolute Gasteiger partial charge is 0.416 e. The van der Waals surface area contributed by atoms with Crippen LogP contribution in [-0.2, 0) is 11.3 Å². The molecule has 0 fully saturated rings. The fourth-order valence-corrected chi connectivity index (χ4v) is 3.39. The Morgan fingerprint density at radius 3 is 2.63 bits per heavy atom. The first-order valence-electron chi connectivity index (χ1n) is 9.64. The maximum Gasteiger partial charge on any atom is 0.416 e. The molecular weight excluding hydrogens is 450 g/mol. The molecule has 8 heteroatoms. The molecule has 0 aliphatic rings. The Balaban J connectivity index is 1.93. The van der Waals surface area contributed by atoms with Gasteiger partial charge in [0.1, 0.15) is 12.4 Å². The van der Waals surface area contributed by atoms with Gasteiger partial charge in [0.2, 0.25) is 5.95 Å². The van der Waals surface area contributed by atoms with Crippen molar-refractivity contribution in [3.8, 4) is 5.75 Å². The number of hydrogen-bond acceptors (Lipinski definition) is 5. The molecule has 0 aliphatic carbocycles. The van der Waals surface area contributed by atoms with Crippen LogP contribution >= 0.6 is 15.9 Å². The Morgan fingerprint density at radius 2 is 1.97 bits per heavy atom. The number of aromatic nitrogens is 2. The van der Waals surface area contributed by atoms with Gasteiger partial charge in [-0.15, -0.1) is 0 Å². The summed E-state index contributed by atoms with van der Waals surface area (Å²) < 4.78 is 11.4. The van der Waals surface area contributed by atoms with Crippen LogP contribution in [0.15, 0.2) is 51.7 Å². The summed E-state index contributed by atoms with van der Waals surface area (Å²) in [5, 5.41) is 0.396. The third-order valence-electron chi connectivity index (χ3n) is 4.58. The van der Waals surface area contributed by atoms with E-state index in [-0.39, 0.29) is 18.1 Å². The molecule has 0 spiro atoms. The lowest BCUT2D eigenvalue weighted by molar-refractivity contribution is 0.146. The summed E-state index contributed by atoms with van der Waals surface area (Å²) in [6, 6.07) is 12.7. The molecule has 1 amide bonds. The van der Waals surface area contributed by atoms with Gasteiger partial charge in [-0.3, -0.25) is 9.78 Å². The number of nitrogens with zero attached hydrogens (tertiary/aromatic N) is 2. The minimum Gasteiger partial charge on any atom is -0.495 e. The summed E-state index contributed by atoms with van der Waals surface area (Å²) in [5.74, 6) is 1.06. The van der Waals surface area contributed by atoms with Crippen molar-refractivity contribution in [3.05, 3.63) is 62.9 Å². The lowest BCUT2D eigenvalue weighted by Crippen LogP contribution is -2.35. The second kappa shape index (κ2) is 9.75. The van der Waals surface area contributed by atoms with E-state index in [9.17, 15) is 9.59 Å². The Hall–Kier alpha value is -2.87. The van der Waals surface area contributed by atoms with Crippen LogP contribution in [0.1, 0.15) is 25.8 Å². The summed E-state index contributed by atoms with van der Waals surface area (Å²) in [5.41, 5.74) is 0.965. The number of aromatic amines is 1. The van der Waals surface area contributed by atoms with Crippen molar-refractivity contribution in [3.63, 3.8) is 0 Å². The molecule has 0 atom stereocenters. The normalized spacial score (nSPS) is 11.0. The lowest BCUT2D eigenvalue weighted by Gasteiger charge is -2.22. The minimum atomic E-state index is -0.564. The maximum absolute atomic E-state index is 12.9. The predicted octanol–water partition coefficient (Wildman–Crippen LogP) is 4.88. The van der Waals surface area contributed by atoms with Gasteiger partial charge in [0, 0.05) is 12.6 Å². The first-order valence-corrected chi connectivity index (χ1v) is 10.4. The SMILES string of the molecule is COc1cc2nc(N(CCC(C)C)C(=O)OCc3ccccc3)[nH]c(=O)c2cc1Br. The number of nitrogens with one attached hydrogen (secondary N) is 1. The topological polar surface area (TPSA) is 84.5 Å². The highest BCUT2D eigenvalue weighted by atomic mass is 79.9. The first kappa shape index (κ1) is 21.8. The highest BCUT2D eigenvalue weighted by Gasteiger charge is 2.21. The molecule has 1 heterocycles. The zero-order chi connectivity index (χ0) is 21.7. The second-order valence-electron chi connectivity index (χ2n) is 7.27. The predicted molar refractivity (Wildman–Crippen MR) is 120 cm³/mol. The Kier molecular flexibility index (Phi) is 7.10. The Morgan fingerprint density at radius 1 is 1.23 bits per heavy atom. The van der Waals surface area contributed by atoms with Crippen LogP contribution in [-0.4, -0.2) is 29.7 Å². The number of rotatable bonds is 7. The molecule has 7 nitrogen and oxygen atoms in total. The van der Waals surface area contributed by atoms with Gasteiger partial charge in [0.25, 0.3) is 5.56 Å². The summed E-state index contributed by atoms with van der Waals surface area (Å²) >= 11 is 3.38. The third kappa shape index (κ3) is 5.18. The first-order chi connectivity index (χ1) is 14.4. The van der Waals surface area contributed by atoms with Crippen LogP contribution in [0.2, 0.25) is 0 Å². The van der Waals surface area contributed by atoms with Gasteiger partial charge >= 0.3 is 6.09 Å². The van der Waals surface area contributed by atoms with Gasteiger partial charge in [0.05, 0.1) is 22.5 Å². The molecule has 30 heavy (non-hydrogen) atoms. The Bertz CT molecular complexity index is 1080. The van der Waals surface area contributed by atoms with Crippen molar-refractivity contribution in [2.24, 2.45) is 5.92 Å². The fraction of sp³-hybridized carbons (Fsp3) is 0.318. The largest absolute Gasteiger partial charge is 0.495 e. The van der Waals surface area contributed by atoms with E-state index >= 15 is 0 Å². The van der Waals surface area contributed by atoms with E-state index < -0.39 is 6.09 Å². The van der Waals surface area contributed by atoms with Crippen LogP contribution in [0.25, 0.3) is 10.9 Å². The summed E-state index contributed by atoms with van der Waals surface area (Å²) in [6.07, 6.45) is 0.164. The number of fused-ring (bicyclic) bond motifs is 1. The number of carbonyl (C=O) groups is 1. The van der Waals surface area contributed by atoms with Crippen LogP contribution in [0, 0.1) is 5.92 Å². The highest BCUT2D eigenvalue weighted by Crippen LogP contribution is 2.28. The average molecular weight is 474 g/mol. The van der Waals surface area contributed by atoms with E-state index in [2.05, 4.69) is 39.7 Å². The number of halogens is 1. The van der Waals surface area contributed by atoms with Crippen molar-refractivity contribution >= 4 is 38.9 Å². The van der Waals surface area contributed by atoms with Gasteiger partial charge in [-0.1, -0.05) is 44.2 Å². The van der Waals surface area contributed by atoms with Crippen LogP contribution < -0.4 is 15.2 Å². The molecule has 0 radical (unpaired) electrons. The van der Waals surface area contributed by atoms with E-state index in [1.807, 2.05) is 30.3 Å². The van der Waals surface area contributed by atoms with Crippen molar-refractivity contribution in [2.75, 3.05) is 18.6 Å². The quantitative estimate of drug-likeness (QED) is 0.528. The van der Waals surface area contributed by atoms with Crippen molar-refractivity contribution < 1.29 is 14.3 Å². The zero-order valence-electron chi connectivity index (χ0n) is 17.1. The standard InChI is InChI=1S/C22H24BrN3O4/c1-14(2)9-10-26(22(28)30-13-15-7-5-4-6-8-15)21-24-18-12-19(29-3)17(23)11-16(18)20(27)25-21/h4-8,11-12,14H,9-10,13H2,1-3H3,(H,24,25,27). The number of ether oxygens (including phenoxy) is 2. The van der Waals surface area contributed by atoms with Crippen molar-refractivity contribution in [2.45, 2.75) is 26.9 Å². The van der Waals surface area contributed by atoms with Gasteiger partial charge in [0.15, 0.2) is 0 Å². The molecule has 1 aromatic heterocycles. The number of methoxy groups -OCH3 is 1. The number of benzene rings is 2. The molecule has 0 saturated heterocycles. The average Bonchev–Trinajstić information content (AvgIpc) is 2.73. The fourth-order valence-electron chi connectivity index (χ4n) is 2.88. The zero-order valence-corrected chi connectivity index (χ0v) is 18.7. The van der Waals surface area contributed by atoms with Crippen LogP contribution in [0.4, 0.5) is 10.7 Å². The molecular formula is C22H24BrN3O4. The second-order valence-corrected chi connectivity index (χ2v) is 8.12. The minimum absolute atomic E-state index is 0.135. The van der Waals surface area contributed by atoms with Gasteiger partial charge < -0.3 is 9.47 Å². The number of amides is 1. The van der Waals surface area contributed by atoms with Crippen molar-refractivity contribution in [1.29, 1.82) is 0 Å². The third-order valence-corrected chi connectivity index (χ3v) is 5.20. The number of carbonyl (C=O) groups excluding carboxylic acids is 1. The molecule has 1 N–H and O–H groups in total. The van der Waals surface area contributed by atoms with Crippen LogP contribution in [0.5, 0.6) is 5.75 Å². The van der Waals surface area contributed by atoms with Gasteiger partial charge in [-0.25, -0.2) is 14.7 Å². The summed E-state index contributed by atoms with van der Waals surface area (Å²) in [4.78, 5) is 34.1. The molecule has 0 bridgehead atoms. The molecule has 158 valence electrons. The summed E-state index contributed by atoms with van der Waals surface area (Å²) in [7, 11) is 1.54. The van der Waals surface area contributed by atoms with E-state index in [1.54, 1.807) is 12.1 Å². The number of H-pyrrole nitrogens is 1. The van der Waals surface area contributed by atoms with E-state index in [4.69, 9.17) is 9.47 Å². The van der Waals surface area contributed by atoms with Crippen LogP contribution in [0.3, 0.4) is 0 Å². The molecule has 3 rings (SSSR count). The summed E-state index contributed by atoms with van der Waals surface area (Å²) in [6.45, 7) is 4.63. The highest BCUT2D eigenvalue weighted by molar-refractivity contribution is 9.10. The van der Waals surface area contributed by atoms with E-state index in [1.165, 1.54) is 12.0 Å². The molecule has 3 aromatic rings. The maximum atomic E-state index is 12.9. The monoisotopic (exact) mass is 473 g/mol. The Labute approximate surface area is 183 Å². The van der Waals surface area contributed by atoms with E-state index in [0.29, 0.717) is 33.6 Å². The van der Waals surface area contributed by atoms with Crippen molar-refractivity contribution in [1.82, 2.24) is 9.97 Å².